The number of aryl methyl sites for hydroxylation is 1. The summed E-state index contributed by atoms with van der Waals surface area (Å²) in [5, 5.41) is 3.14. The lowest BCUT2D eigenvalue weighted by Gasteiger charge is -2.10. The number of anilines is 1. The molecule has 6 heteroatoms. The first-order valence-electron chi connectivity index (χ1n) is 7.06. The van der Waals surface area contributed by atoms with Crippen LogP contribution in [-0.4, -0.2) is 5.91 Å². The highest BCUT2D eigenvalue weighted by Crippen LogP contribution is 2.30. The van der Waals surface area contributed by atoms with Crippen LogP contribution in [0.25, 0.3) is 0 Å². The van der Waals surface area contributed by atoms with Gasteiger partial charge in [0.25, 0.3) is 0 Å². The van der Waals surface area contributed by atoms with E-state index in [0.29, 0.717) is 17.9 Å². The highest BCUT2D eigenvalue weighted by atomic mass is 35.5. The molecule has 23 heavy (non-hydrogen) atoms. The monoisotopic (exact) mass is 341 g/mol. The summed E-state index contributed by atoms with van der Waals surface area (Å²) >= 11 is 5.79. The standard InChI is InChI=1S/C17H15ClF3NO/c18-14-9-7-12(8-10-14)3-1-6-16(23)22-15-5-2-4-13(11-15)17(19,20)21/h2,4-5,7-11H,1,3,6H2,(H,22,23). The summed E-state index contributed by atoms with van der Waals surface area (Å²) in [6, 6.07) is 11.9. The van der Waals surface area contributed by atoms with Crippen molar-refractivity contribution >= 4 is 23.2 Å². The van der Waals surface area contributed by atoms with Crippen LogP contribution < -0.4 is 5.32 Å². The molecule has 2 rings (SSSR count). The molecule has 0 radical (unpaired) electrons. The first-order valence-corrected chi connectivity index (χ1v) is 7.44. The summed E-state index contributed by atoms with van der Waals surface area (Å²) in [5.74, 6) is -0.307. The highest BCUT2D eigenvalue weighted by Gasteiger charge is 2.30. The van der Waals surface area contributed by atoms with Gasteiger partial charge in [-0.15, -0.1) is 0 Å². The minimum atomic E-state index is -4.42. The van der Waals surface area contributed by atoms with Crippen LogP contribution in [-0.2, 0) is 17.4 Å². The van der Waals surface area contributed by atoms with Crippen LogP contribution >= 0.6 is 11.6 Å². The first kappa shape index (κ1) is 17.3. The smallest absolute Gasteiger partial charge is 0.326 e. The molecule has 0 heterocycles. The molecular formula is C17H15ClF3NO. The molecule has 0 aliphatic carbocycles. The summed E-state index contributed by atoms with van der Waals surface area (Å²) in [6.45, 7) is 0. The van der Waals surface area contributed by atoms with E-state index in [1.165, 1.54) is 12.1 Å². The van der Waals surface area contributed by atoms with Crippen LogP contribution in [0.3, 0.4) is 0 Å². The number of halogens is 4. The maximum atomic E-state index is 12.6. The Morgan fingerprint density at radius 1 is 1.09 bits per heavy atom. The van der Waals surface area contributed by atoms with E-state index in [-0.39, 0.29) is 18.0 Å². The van der Waals surface area contributed by atoms with E-state index < -0.39 is 11.7 Å². The molecule has 122 valence electrons. The van der Waals surface area contributed by atoms with Gasteiger partial charge in [-0.2, -0.15) is 13.2 Å². The zero-order chi connectivity index (χ0) is 16.9. The van der Waals surface area contributed by atoms with Crippen molar-refractivity contribution in [2.45, 2.75) is 25.4 Å². The van der Waals surface area contributed by atoms with Gasteiger partial charge in [-0.3, -0.25) is 4.79 Å². The number of alkyl halides is 3. The van der Waals surface area contributed by atoms with Crippen molar-refractivity contribution in [2.24, 2.45) is 0 Å². The van der Waals surface area contributed by atoms with E-state index in [9.17, 15) is 18.0 Å². The minimum Gasteiger partial charge on any atom is -0.326 e. The third-order valence-corrected chi connectivity index (χ3v) is 3.51. The maximum absolute atomic E-state index is 12.6. The highest BCUT2D eigenvalue weighted by molar-refractivity contribution is 6.30. The van der Waals surface area contributed by atoms with Crippen LogP contribution in [0.4, 0.5) is 18.9 Å². The largest absolute Gasteiger partial charge is 0.416 e. The minimum absolute atomic E-state index is 0.149. The van der Waals surface area contributed by atoms with E-state index in [2.05, 4.69) is 5.32 Å². The second-order valence-electron chi connectivity index (χ2n) is 5.11. The van der Waals surface area contributed by atoms with Gasteiger partial charge in [-0.1, -0.05) is 29.8 Å². The Labute approximate surface area is 137 Å². The number of rotatable bonds is 5. The van der Waals surface area contributed by atoms with Gasteiger partial charge < -0.3 is 5.32 Å². The number of nitrogens with one attached hydrogen (secondary N) is 1. The molecule has 1 amide bonds. The summed E-state index contributed by atoms with van der Waals surface area (Å²) in [6.07, 6.45) is -2.88. The van der Waals surface area contributed by atoms with Crippen molar-refractivity contribution in [1.29, 1.82) is 0 Å². The van der Waals surface area contributed by atoms with Crippen LogP contribution in [0.15, 0.2) is 48.5 Å². The molecular weight excluding hydrogens is 327 g/mol. The molecule has 0 unspecified atom stereocenters. The average Bonchev–Trinajstić information content (AvgIpc) is 2.49. The van der Waals surface area contributed by atoms with Gasteiger partial charge >= 0.3 is 6.18 Å². The van der Waals surface area contributed by atoms with Crippen molar-refractivity contribution in [1.82, 2.24) is 0 Å². The van der Waals surface area contributed by atoms with Crippen molar-refractivity contribution in [2.75, 3.05) is 5.32 Å². The Kier molecular flexibility index (Phi) is 5.66. The molecule has 2 aromatic rings. The number of amides is 1. The van der Waals surface area contributed by atoms with E-state index in [4.69, 9.17) is 11.6 Å². The molecule has 0 aliphatic rings. The van der Waals surface area contributed by atoms with Gasteiger partial charge in [-0.25, -0.2) is 0 Å². The molecule has 0 spiro atoms. The van der Waals surface area contributed by atoms with Gasteiger partial charge in [0, 0.05) is 17.1 Å². The van der Waals surface area contributed by atoms with E-state index >= 15 is 0 Å². The number of hydrogen-bond acceptors (Lipinski definition) is 1. The number of benzene rings is 2. The second kappa shape index (κ2) is 7.51. The summed E-state index contributed by atoms with van der Waals surface area (Å²) in [4.78, 5) is 11.8. The Hall–Kier alpha value is -2.01. The fourth-order valence-electron chi connectivity index (χ4n) is 2.10. The Balaban J connectivity index is 1.84. The third kappa shape index (κ3) is 5.60. The van der Waals surface area contributed by atoms with Gasteiger partial charge in [0.15, 0.2) is 0 Å². The van der Waals surface area contributed by atoms with Crippen molar-refractivity contribution < 1.29 is 18.0 Å². The summed E-state index contributed by atoms with van der Waals surface area (Å²) in [5.41, 5.74) is 0.425. The number of carbonyl (C=O) groups is 1. The predicted octanol–water partition coefficient (Wildman–Crippen LogP) is 5.32. The van der Waals surface area contributed by atoms with E-state index in [0.717, 1.165) is 17.7 Å². The SMILES string of the molecule is O=C(CCCc1ccc(Cl)cc1)Nc1cccc(C(F)(F)F)c1. The molecule has 0 saturated carbocycles. The Morgan fingerprint density at radius 3 is 2.43 bits per heavy atom. The van der Waals surface area contributed by atoms with Crippen LogP contribution in [0.2, 0.25) is 5.02 Å². The average molecular weight is 342 g/mol. The summed E-state index contributed by atoms with van der Waals surface area (Å²) in [7, 11) is 0. The van der Waals surface area contributed by atoms with Gasteiger partial charge in [0.05, 0.1) is 5.56 Å². The van der Waals surface area contributed by atoms with Crippen LogP contribution in [0.1, 0.15) is 24.0 Å². The molecule has 0 aliphatic heterocycles. The fraction of sp³-hybridized carbons (Fsp3) is 0.235. The molecule has 1 N–H and O–H groups in total. The second-order valence-corrected chi connectivity index (χ2v) is 5.54. The zero-order valence-electron chi connectivity index (χ0n) is 12.2. The lowest BCUT2D eigenvalue weighted by molar-refractivity contribution is -0.137. The Bertz CT molecular complexity index is 668. The normalized spacial score (nSPS) is 11.3. The third-order valence-electron chi connectivity index (χ3n) is 3.26. The van der Waals surface area contributed by atoms with Crippen molar-refractivity contribution in [3.05, 3.63) is 64.7 Å². The predicted molar refractivity (Wildman–Crippen MR) is 84.5 cm³/mol. The number of carbonyl (C=O) groups excluding carboxylic acids is 1. The zero-order valence-corrected chi connectivity index (χ0v) is 12.9. The maximum Gasteiger partial charge on any atom is 0.416 e. The quantitative estimate of drug-likeness (QED) is 0.783. The van der Waals surface area contributed by atoms with Crippen LogP contribution in [0.5, 0.6) is 0 Å². The van der Waals surface area contributed by atoms with Crippen LogP contribution in [0, 0.1) is 0 Å². The first-order chi connectivity index (χ1) is 10.8. The molecule has 0 fully saturated rings. The molecule has 0 aromatic heterocycles. The van der Waals surface area contributed by atoms with Crippen molar-refractivity contribution in [3.63, 3.8) is 0 Å². The summed E-state index contributed by atoms with van der Waals surface area (Å²) < 4.78 is 37.8. The topological polar surface area (TPSA) is 29.1 Å². The molecule has 0 bridgehead atoms. The van der Waals surface area contributed by atoms with Gasteiger partial charge in [0.1, 0.15) is 0 Å². The van der Waals surface area contributed by atoms with Gasteiger partial charge in [0.2, 0.25) is 5.91 Å². The van der Waals surface area contributed by atoms with E-state index in [1.54, 1.807) is 12.1 Å². The lowest BCUT2D eigenvalue weighted by Crippen LogP contribution is -2.13. The van der Waals surface area contributed by atoms with E-state index in [1.807, 2.05) is 12.1 Å². The number of hydrogen-bond donors (Lipinski definition) is 1. The molecule has 0 saturated heterocycles. The molecule has 0 atom stereocenters. The fourth-order valence-corrected chi connectivity index (χ4v) is 2.23. The lowest BCUT2D eigenvalue weighted by atomic mass is 10.1. The Morgan fingerprint density at radius 2 is 1.78 bits per heavy atom. The van der Waals surface area contributed by atoms with Crippen molar-refractivity contribution in [3.8, 4) is 0 Å². The molecule has 2 aromatic carbocycles. The molecule has 2 nitrogen and oxygen atoms in total. The van der Waals surface area contributed by atoms with Gasteiger partial charge in [-0.05, 0) is 48.7 Å².